The summed E-state index contributed by atoms with van der Waals surface area (Å²) in [6, 6.07) is 33.5. The first kappa shape index (κ1) is 34.9. The van der Waals surface area contributed by atoms with Gasteiger partial charge in [-0.15, -0.1) is 0 Å². The van der Waals surface area contributed by atoms with E-state index in [0.717, 1.165) is 0 Å². The van der Waals surface area contributed by atoms with Gasteiger partial charge in [0.15, 0.2) is 0 Å². The van der Waals surface area contributed by atoms with E-state index >= 15 is 0 Å². The van der Waals surface area contributed by atoms with Crippen LogP contribution in [-0.2, 0) is 6.42 Å². The lowest BCUT2D eigenvalue weighted by atomic mass is 9.74. The molecule has 0 saturated heterocycles. The highest BCUT2D eigenvalue weighted by molar-refractivity contribution is 5.51. The van der Waals surface area contributed by atoms with Gasteiger partial charge in [-0.3, -0.25) is 0 Å². The second kappa shape index (κ2) is 19.7. The predicted octanol–water partition coefficient (Wildman–Crippen LogP) is 13.0. The van der Waals surface area contributed by atoms with Crippen molar-refractivity contribution < 1.29 is 0 Å². The molecule has 1 nitrogen and oxygen atoms in total. The predicted molar refractivity (Wildman–Crippen MR) is 191 cm³/mol. The summed E-state index contributed by atoms with van der Waals surface area (Å²) in [5.74, 6) is 1.93. The van der Waals surface area contributed by atoms with E-state index < -0.39 is 0 Å². The molecule has 3 aromatic carbocycles. The SMILES string of the molecule is CCCCC(CC)N(c1ccccc1)C(c1cccc(C(CCC)CCC)c1)C(CCC)C(CC)CCc1ccccc1. The van der Waals surface area contributed by atoms with Crippen LogP contribution in [-0.4, -0.2) is 6.04 Å². The number of hydrogen-bond donors (Lipinski definition) is 0. The molecule has 1 heteroatoms. The maximum Gasteiger partial charge on any atom is 0.0576 e. The maximum absolute atomic E-state index is 2.91. The van der Waals surface area contributed by atoms with Crippen LogP contribution >= 0.6 is 0 Å². The highest BCUT2D eigenvalue weighted by atomic mass is 15.2. The van der Waals surface area contributed by atoms with E-state index in [0.29, 0.717) is 29.8 Å². The second-order valence-electron chi connectivity index (χ2n) is 13.0. The third-order valence-electron chi connectivity index (χ3n) is 9.91. The number of anilines is 1. The first-order valence-electron chi connectivity index (χ1n) is 18.1. The largest absolute Gasteiger partial charge is 0.361 e. The van der Waals surface area contributed by atoms with Crippen molar-refractivity contribution in [1.29, 1.82) is 0 Å². The molecule has 0 saturated carbocycles. The first-order chi connectivity index (χ1) is 21.1. The molecule has 0 aromatic heterocycles. The van der Waals surface area contributed by atoms with Gasteiger partial charge in [-0.25, -0.2) is 0 Å². The molecule has 0 spiro atoms. The standard InChI is InChI=1S/C42H63N/c1-7-13-28-39(12-6)43(40-29-18-15-19-30-40)42(38-27-20-26-37(33-38)36(21-8-2)22-9-3)41(23-10-4)35(11-5)32-31-34-24-16-14-17-25-34/h14-20,24-27,29-30,33,35-36,39,41-42H,7-13,21-23,28,31-32H2,1-6H3. The zero-order chi connectivity index (χ0) is 30.9. The summed E-state index contributed by atoms with van der Waals surface area (Å²) in [5, 5.41) is 0. The maximum atomic E-state index is 2.91. The van der Waals surface area contributed by atoms with E-state index in [1.807, 2.05) is 0 Å². The molecule has 0 aliphatic heterocycles. The van der Waals surface area contributed by atoms with Crippen LogP contribution in [0.4, 0.5) is 5.69 Å². The van der Waals surface area contributed by atoms with E-state index in [1.165, 1.54) is 94.7 Å². The average molecular weight is 582 g/mol. The molecule has 4 unspecified atom stereocenters. The van der Waals surface area contributed by atoms with Crippen LogP contribution in [0.25, 0.3) is 0 Å². The Balaban J connectivity index is 2.19. The van der Waals surface area contributed by atoms with Gasteiger partial charge in [-0.1, -0.05) is 153 Å². The number of para-hydroxylation sites is 1. The summed E-state index contributed by atoms with van der Waals surface area (Å²) in [6.07, 6.45) is 16.2. The van der Waals surface area contributed by atoms with Gasteiger partial charge in [-0.2, -0.15) is 0 Å². The molecule has 236 valence electrons. The molecule has 4 atom stereocenters. The third-order valence-corrected chi connectivity index (χ3v) is 9.91. The lowest BCUT2D eigenvalue weighted by molar-refractivity contribution is 0.222. The fourth-order valence-electron chi connectivity index (χ4n) is 7.67. The topological polar surface area (TPSA) is 3.24 Å². The van der Waals surface area contributed by atoms with Crippen LogP contribution < -0.4 is 4.90 Å². The number of hydrogen-bond acceptors (Lipinski definition) is 1. The molecule has 0 amide bonds. The molecule has 0 heterocycles. The van der Waals surface area contributed by atoms with Crippen molar-refractivity contribution in [3.63, 3.8) is 0 Å². The van der Waals surface area contributed by atoms with Gasteiger partial charge in [0.1, 0.15) is 0 Å². The Morgan fingerprint density at radius 2 is 1.19 bits per heavy atom. The normalized spacial score (nSPS) is 14.4. The van der Waals surface area contributed by atoms with Crippen LogP contribution in [0.1, 0.15) is 147 Å². The van der Waals surface area contributed by atoms with Crippen molar-refractivity contribution in [2.24, 2.45) is 11.8 Å². The average Bonchev–Trinajstić information content (AvgIpc) is 3.05. The highest BCUT2D eigenvalue weighted by Gasteiger charge is 2.36. The van der Waals surface area contributed by atoms with Crippen LogP contribution in [0.15, 0.2) is 84.9 Å². The third kappa shape index (κ3) is 10.3. The zero-order valence-electron chi connectivity index (χ0n) is 28.6. The van der Waals surface area contributed by atoms with Gasteiger partial charge in [0.25, 0.3) is 0 Å². The lowest BCUT2D eigenvalue weighted by Gasteiger charge is -2.46. The second-order valence-corrected chi connectivity index (χ2v) is 13.0. The fraction of sp³-hybridized carbons (Fsp3) is 0.571. The van der Waals surface area contributed by atoms with Crippen LogP contribution in [0.5, 0.6) is 0 Å². The van der Waals surface area contributed by atoms with Crippen LogP contribution in [0.2, 0.25) is 0 Å². The van der Waals surface area contributed by atoms with Crippen LogP contribution in [0, 0.1) is 11.8 Å². The van der Waals surface area contributed by atoms with Gasteiger partial charge in [0.05, 0.1) is 6.04 Å². The first-order valence-corrected chi connectivity index (χ1v) is 18.1. The number of aryl methyl sites for hydroxylation is 1. The van der Waals surface area contributed by atoms with Crippen molar-refractivity contribution in [2.45, 2.75) is 143 Å². The van der Waals surface area contributed by atoms with E-state index in [4.69, 9.17) is 0 Å². The molecule has 0 bridgehead atoms. The summed E-state index contributed by atoms with van der Waals surface area (Å²) in [5.41, 5.74) is 5.99. The Bertz CT molecular complexity index is 1100. The number of unbranched alkanes of at least 4 members (excludes halogenated alkanes) is 1. The van der Waals surface area contributed by atoms with Crippen molar-refractivity contribution in [3.05, 3.63) is 102 Å². The summed E-state index contributed by atoms with van der Waals surface area (Å²) >= 11 is 0. The monoisotopic (exact) mass is 581 g/mol. The van der Waals surface area contributed by atoms with Crippen molar-refractivity contribution in [3.8, 4) is 0 Å². The summed E-state index contributed by atoms with van der Waals surface area (Å²) in [6.45, 7) is 14.3. The Hall–Kier alpha value is -2.54. The summed E-state index contributed by atoms with van der Waals surface area (Å²) < 4.78 is 0. The quantitative estimate of drug-likeness (QED) is 0.121. The molecular formula is C42H63N. The number of benzene rings is 3. The van der Waals surface area contributed by atoms with Gasteiger partial charge >= 0.3 is 0 Å². The zero-order valence-corrected chi connectivity index (χ0v) is 28.6. The summed E-state index contributed by atoms with van der Waals surface area (Å²) in [4.78, 5) is 2.91. The van der Waals surface area contributed by atoms with E-state index in [9.17, 15) is 0 Å². The molecule has 3 rings (SSSR count). The van der Waals surface area contributed by atoms with Gasteiger partial charge in [0, 0.05) is 11.7 Å². The minimum Gasteiger partial charge on any atom is -0.361 e. The van der Waals surface area contributed by atoms with Gasteiger partial charge < -0.3 is 4.90 Å². The highest BCUT2D eigenvalue weighted by Crippen LogP contribution is 2.45. The lowest BCUT2D eigenvalue weighted by Crippen LogP contribution is -2.43. The number of nitrogens with zero attached hydrogens (tertiary/aromatic N) is 1. The molecule has 43 heavy (non-hydrogen) atoms. The van der Waals surface area contributed by atoms with Crippen molar-refractivity contribution in [1.82, 2.24) is 0 Å². The molecular weight excluding hydrogens is 518 g/mol. The van der Waals surface area contributed by atoms with E-state index in [1.54, 1.807) is 11.1 Å². The molecule has 3 aromatic rings. The Morgan fingerprint density at radius 1 is 0.558 bits per heavy atom. The van der Waals surface area contributed by atoms with Gasteiger partial charge in [-0.05, 0) is 91.5 Å². The van der Waals surface area contributed by atoms with Crippen LogP contribution in [0.3, 0.4) is 0 Å². The number of rotatable bonds is 21. The fourth-order valence-corrected chi connectivity index (χ4v) is 7.67. The summed E-state index contributed by atoms with van der Waals surface area (Å²) in [7, 11) is 0. The molecule has 0 N–H and O–H groups in total. The van der Waals surface area contributed by atoms with Crippen molar-refractivity contribution >= 4 is 5.69 Å². The molecule has 0 aliphatic carbocycles. The molecule has 0 aliphatic rings. The Labute approximate surface area is 266 Å². The van der Waals surface area contributed by atoms with Crippen molar-refractivity contribution in [2.75, 3.05) is 4.90 Å². The Kier molecular flexibility index (Phi) is 16.0. The smallest absolute Gasteiger partial charge is 0.0576 e. The molecule has 0 fully saturated rings. The molecule has 0 radical (unpaired) electrons. The minimum absolute atomic E-state index is 0.369. The van der Waals surface area contributed by atoms with E-state index in [2.05, 4.69) is 131 Å². The van der Waals surface area contributed by atoms with E-state index in [-0.39, 0.29) is 0 Å². The Morgan fingerprint density at radius 3 is 1.77 bits per heavy atom. The van der Waals surface area contributed by atoms with Gasteiger partial charge in [0.2, 0.25) is 0 Å². The minimum atomic E-state index is 0.369.